The molecule has 2 rings (SSSR count). The number of hydrogen-bond donors (Lipinski definition) is 1. The molecule has 0 bridgehead atoms. The molecule has 1 unspecified atom stereocenters. The van der Waals surface area contributed by atoms with Gasteiger partial charge >= 0.3 is 0 Å². The number of ether oxygens (including phenoxy) is 2. The molecular formula is C18H25NO2. The van der Waals surface area contributed by atoms with Gasteiger partial charge in [-0.3, -0.25) is 0 Å². The van der Waals surface area contributed by atoms with Crippen molar-refractivity contribution in [3.8, 4) is 5.75 Å². The third-order valence-electron chi connectivity index (χ3n) is 3.46. The average molecular weight is 287 g/mol. The van der Waals surface area contributed by atoms with E-state index in [4.69, 9.17) is 9.47 Å². The second kappa shape index (κ2) is 8.01. The van der Waals surface area contributed by atoms with Crippen LogP contribution in [0.1, 0.15) is 25.8 Å². The molecule has 0 aliphatic rings. The van der Waals surface area contributed by atoms with Crippen LogP contribution in [0.5, 0.6) is 5.75 Å². The highest BCUT2D eigenvalue weighted by Crippen LogP contribution is 2.28. The topological polar surface area (TPSA) is 30.5 Å². The van der Waals surface area contributed by atoms with E-state index in [0.29, 0.717) is 6.61 Å². The predicted molar refractivity (Wildman–Crippen MR) is 87.9 cm³/mol. The molecule has 0 saturated carbocycles. The van der Waals surface area contributed by atoms with Crippen molar-refractivity contribution in [3.63, 3.8) is 0 Å². The molecule has 0 amide bonds. The monoisotopic (exact) mass is 287 g/mol. The average Bonchev–Trinajstić information content (AvgIpc) is 2.49. The van der Waals surface area contributed by atoms with Crippen LogP contribution < -0.4 is 10.1 Å². The number of nitrogens with one attached hydrogen (secondary N) is 1. The van der Waals surface area contributed by atoms with E-state index in [0.717, 1.165) is 25.3 Å². The van der Waals surface area contributed by atoms with E-state index in [-0.39, 0.29) is 6.10 Å². The Balaban J connectivity index is 2.31. The summed E-state index contributed by atoms with van der Waals surface area (Å²) in [6, 6.07) is 12.6. The van der Waals surface area contributed by atoms with E-state index in [1.165, 1.54) is 16.3 Å². The fraction of sp³-hybridized carbons (Fsp3) is 0.444. The summed E-state index contributed by atoms with van der Waals surface area (Å²) in [5, 5.41) is 5.98. The Morgan fingerprint density at radius 1 is 1.14 bits per heavy atom. The van der Waals surface area contributed by atoms with E-state index in [1.807, 2.05) is 6.92 Å². The van der Waals surface area contributed by atoms with Crippen molar-refractivity contribution in [2.24, 2.45) is 0 Å². The van der Waals surface area contributed by atoms with E-state index < -0.39 is 0 Å². The van der Waals surface area contributed by atoms with E-state index >= 15 is 0 Å². The van der Waals surface area contributed by atoms with Crippen molar-refractivity contribution in [1.29, 1.82) is 0 Å². The molecular weight excluding hydrogens is 262 g/mol. The smallest absolute Gasteiger partial charge is 0.124 e. The lowest BCUT2D eigenvalue weighted by Gasteiger charge is -2.19. The summed E-state index contributed by atoms with van der Waals surface area (Å²) >= 11 is 0. The van der Waals surface area contributed by atoms with Crippen LogP contribution in [-0.2, 0) is 11.3 Å². The largest absolute Gasteiger partial charge is 0.488 e. The summed E-state index contributed by atoms with van der Waals surface area (Å²) in [6.45, 7) is 6.63. The zero-order valence-electron chi connectivity index (χ0n) is 13.2. The number of benzene rings is 2. The molecule has 2 aromatic rings. The third kappa shape index (κ3) is 4.19. The molecule has 3 heteroatoms. The molecule has 1 N–H and O–H groups in total. The van der Waals surface area contributed by atoms with Crippen molar-refractivity contribution in [1.82, 2.24) is 5.32 Å². The van der Waals surface area contributed by atoms with Gasteiger partial charge in [-0.1, -0.05) is 37.3 Å². The van der Waals surface area contributed by atoms with Gasteiger partial charge in [-0.05, 0) is 36.7 Å². The molecule has 0 radical (unpaired) electrons. The first-order valence-electron chi connectivity index (χ1n) is 7.63. The van der Waals surface area contributed by atoms with Gasteiger partial charge in [0.2, 0.25) is 0 Å². The molecule has 0 fully saturated rings. The van der Waals surface area contributed by atoms with Crippen molar-refractivity contribution < 1.29 is 9.47 Å². The van der Waals surface area contributed by atoms with Crippen LogP contribution in [0.2, 0.25) is 0 Å². The minimum absolute atomic E-state index is 0.0427. The van der Waals surface area contributed by atoms with Gasteiger partial charge in [0.15, 0.2) is 0 Å². The first kappa shape index (κ1) is 15.8. The van der Waals surface area contributed by atoms with Gasteiger partial charge in [0.1, 0.15) is 11.9 Å². The van der Waals surface area contributed by atoms with Crippen LogP contribution in [0.3, 0.4) is 0 Å². The minimum atomic E-state index is 0.0427. The highest BCUT2D eigenvalue weighted by atomic mass is 16.5. The molecule has 21 heavy (non-hydrogen) atoms. The maximum Gasteiger partial charge on any atom is 0.124 e. The number of methoxy groups -OCH3 is 1. The number of fused-ring (bicyclic) bond motifs is 1. The lowest BCUT2D eigenvalue weighted by Crippen LogP contribution is -2.20. The Morgan fingerprint density at radius 2 is 1.95 bits per heavy atom. The molecule has 0 saturated heterocycles. The molecule has 1 atom stereocenters. The van der Waals surface area contributed by atoms with Gasteiger partial charge in [0.05, 0.1) is 6.61 Å². The SMILES string of the molecule is CCCNCc1c(OC(C)COC)ccc2ccccc12. The van der Waals surface area contributed by atoms with Crippen LogP contribution in [0, 0.1) is 0 Å². The summed E-state index contributed by atoms with van der Waals surface area (Å²) in [5.41, 5.74) is 1.23. The lowest BCUT2D eigenvalue weighted by atomic mass is 10.0. The zero-order chi connectivity index (χ0) is 15.1. The van der Waals surface area contributed by atoms with Crippen LogP contribution >= 0.6 is 0 Å². The Morgan fingerprint density at radius 3 is 2.71 bits per heavy atom. The molecule has 114 valence electrons. The van der Waals surface area contributed by atoms with Crippen LogP contribution in [-0.4, -0.2) is 26.4 Å². The normalized spacial score (nSPS) is 12.5. The van der Waals surface area contributed by atoms with E-state index in [2.05, 4.69) is 48.6 Å². The van der Waals surface area contributed by atoms with Crippen molar-refractivity contribution in [2.45, 2.75) is 32.9 Å². The van der Waals surface area contributed by atoms with Crippen LogP contribution in [0.15, 0.2) is 36.4 Å². The van der Waals surface area contributed by atoms with Gasteiger partial charge in [-0.15, -0.1) is 0 Å². The van der Waals surface area contributed by atoms with Gasteiger partial charge < -0.3 is 14.8 Å². The first-order valence-corrected chi connectivity index (χ1v) is 7.63. The van der Waals surface area contributed by atoms with Gasteiger partial charge in [-0.2, -0.15) is 0 Å². The van der Waals surface area contributed by atoms with Gasteiger partial charge in [0.25, 0.3) is 0 Å². The van der Waals surface area contributed by atoms with Crippen molar-refractivity contribution >= 4 is 10.8 Å². The Labute approximate surface area is 127 Å². The maximum absolute atomic E-state index is 6.06. The molecule has 3 nitrogen and oxygen atoms in total. The summed E-state index contributed by atoms with van der Waals surface area (Å²) in [4.78, 5) is 0. The Kier molecular flexibility index (Phi) is 6.03. The zero-order valence-corrected chi connectivity index (χ0v) is 13.2. The van der Waals surface area contributed by atoms with Gasteiger partial charge in [0, 0.05) is 19.2 Å². The van der Waals surface area contributed by atoms with Crippen molar-refractivity contribution in [3.05, 3.63) is 42.0 Å². The second-order valence-electron chi connectivity index (χ2n) is 5.32. The summed E-state index contributed by atoms with van der Waals surface area (Å²) < 4.78 is 11.2. The molecule has 0 aliphatic carbocycles. The molecule has 0 heterocycles. The fourth-order valence-corrected chi connectivity index (χ4v) is 2.48. The summed E-state index contributed by atoms with van der Waals surface area (Å²) in [5.74, 6) is 0.946. The van der Waals surface area contributed by atoms with E-state index in [1.54, 1.807) is 7.11 Å². The minimum Gasteiger partial charge on any atom is -0.488 e. The van der Waals surface area contributed by atoms with E-state index in [9.17, 15) is 0 Å². The maximum atomic E-state index is 6.06. The molecule has 0 spiro atoms. The Bertz CT molecular complexity index is 568. The van der Waals surface area contributed by atoms with Crippen LogP contribution in [0.4, 0.5) is 0 Å². The Hall–Kier alpha value is -1.58. The predicted octanol–water partition coefficient (Wildman–Crippen LogP) is 3.75. The first-order chi connectivity index (χ1) is 10.3. The fourth-order valence-electron chi connectivity index (χ4n) is 2.48. The highest BCUT2D eigenvalue weighted by molar-refractivity contribution is 5.87. The highest BCUT2D eigenvalue weighted by Gasteiger charge is 2.11. The quantitative estimate of drug-likeness (QED) is 0.750. The standard InChI is InChI=1S/C18H25NO2/c1-4-11-19-12-17-16-8-6-5-7-15(16)9-10-18(17)21-14(2)13-20-3/h5-10,14,19H,4,11-13H2,1-3H3. The molecule has 2 aromatic carbocycles. The third-order valence-corrected chi connectivity index (χ3v) is 3.46. The summed E-state index contributed by atoms with van der Waals surface area (Å²) in [7, 11) is 1.70. The lowest BCUT2D eigenvalue weighted by molar-refractivity contribution is 0.0914. The number of hydrogen-bond acceptors (Lipinski definition) is 3. The number of rotatable bonds is 8. The molecule has 0 aromatic heterocycles. The summed E-state index contributed by atoms with van der Waals surface area (Å²) in [6.07, 6.45) is 1.17. The second-order valence-corrected chi connectivity index (χ2v) is 5.32. The van der Waals surface area contributed by atoms with Crippen molar-refractivity contribution in [2.75, 3.05) is 20.3 Å². The van der Waals surface area contributed by atoms with Gasteiger partial charge in [-0.25, -0.2) is 0 Å². The molecule has 0 aliphatic heterocycles. The van der Waals surface area contributed by atoms with Crippen LogP contribution in [0.25, 0.3) is 10.8 Å².